The van der Waals surface area contributed by atoms with Crippen molar-refractivity contribution in [1.29, 1.82) is 0 Å². The number of benzene rings is 2. The molecule has 16 N–H and O–H groups in total. The summed E-state index contributed by atoms with van der Waals surface area (Å²) < 4.78 is 12.4. The van der Waals surface area contributed by atoms with Gasteiger partial charge < -0.3 is 79.3 Å². The standard InChI is InChI=1S/C47H68BN11O13/c1-6-7-8-24-9-11-25(12-10-24)26-13-15-27(16-14-26)39(65)55-30(23-60)41(67)56-37(50)43(69)53-22-35(62)59(5)31(17-18-36(63)64)42(68)57-38(51)44(70)54-29(21-34(49)61)40(66)58-45(52)48-71-33-20-28-19-32(46(28,2)3)47(33,4)72-48/h9-16,28-33,37-38,45,60H,6-8,17-23,50-52H2,1-5H3,(H2,49,61)(H,53,69)(H,54,70)(H,55,65)(H,56,67)(H,57,68)(H,58,66)(H,63,64)/t28-,29-,30+,31-,32-,33?,37-,38+,45+,47-/m0/s1. The van der Waals surface area contributed by atoms with Crippen molar-refractivity contribution in [3.8, 4) is 11.1 Å². The lowest BCUT2D eigenvalue weighted by molar-refractivity contribution is -0.199. The van der Waals surface area contributed by atoms with Crippen molar-refractivity contribution in [3.05, 3.63) is 59.7 Å². The molecule has 1 aliphatic heterocycles. The normalized spacial score (nSPS) is 21.9. The van der Waals surface area contributed by atoms with Crippen LogP contribution in [0.4, 0.5) is 0 Å². The highest BCUT2D eigenvalue weighted by atomic mass is 16.7. The van der Waals surface area contributed by atoms with E-state index in [1.807, 2.05) is 31.2 Å². The number of carbonyl (C=O) groups excluding carboxylic acids is 8. The maximum atomic E-state index is 13.5. The molecule has 72 heavy (non-hydrogen) atoms. The highest BCUT2D eigenvalue weighted by Gasteiger charge is 2.68. The van der Waals surface area contributed by atoms with E-state index in [1.165, 1.54) is 5.56 Å². The molecule has 25 heteroatoms. The van der Waals surface area contributed by atoms with Gasteiger partial charge in [0.15, 0.2) is 12.3 Å². The van der Waals surface area contributed by atoms with Gasteiger partial charge in [0.05, 0.1) is 31.3 Å². The SMILES string of the molecule is CCCCc1ccc(-c2ccc(C(=O)N[C@H](CO)C(=O)N[C@H](N)C(=O)NCC(=O)N(C)[C@@H](CCC(=O)O)C(=O)N[C@@H](N)C(=O)N[C@@H](CC(N)=O)C(=O)N[C@@H](N)B3OC4C[C@@H]5C[C@@H](C5(C)C)[C@]4(C)O3)cc2)cc1. The first-order valence-electron chi connectivity index (χ1n) is 23.9. The Bertz CT molecular complexity index is 2340. The van der Waals surface area contributed by atoms with Crippen molar-refractivity contribution in [1.82, 2.24) is 36.8 Å². The van der Waals surface area contributed by atoms with Gasteiger partial charge in [-0.25, -0.2) is 0 Å². The third-order valence-electron chi connectivity index (χ3n) is 14.0. The van der Waals surface area contributed by atoms with E-state index in [0.717, 1.165) is 55.2 Å². The number of aliphatic carboxylic acids is 1. The summed E-state index contributed by atoms with van der Waals surface area (Å²) in [5.41, 5.74) is 26.1. The number of aliphatic hydroxyl groups is 1. The van der Waals surface area contributed by atoms with Crippen molar-refractivity contribution in [2.24, 2.45) is 40.2 Å². The molecule has 6 rings (SSSR count). The second kappa shape index (κ2) is 24.3. The van der Waals surface area contributed by atoms with E-state index in [4.69, 9.17) is 32.2 Å². The zero-order valence-electron chi connectivity index (χ0n) is 41.1. The lowest BCUT2D eigenvalue weighted by Gasteiger charge is -2.64. The summed E-state index contributed by atoms with van der Waals surface area (Å²) in [6.07, 6.45) is -0.972. The molecular weight excluding hydrogens is 937 g/mol. The Balaban J connectivity index is 1.10. The van der Waals surface area contributed by atoms with Crippen LogP contribution in [-0.2, 0) is 54.1 Å². The summed E-state index contributed by atoms with van der Waals surface area (Å²) in [7, 11) is 0.0547. The van der Waals surface area contributed by atoms with Crippen molar-refractivity contribution >= 4 is 60.3 Å². The van der Waals surface area contributed by atoms with Gasteiger partial charge in [-0.3, -0.25) is 43.2 Å². The van der Waals surface area contributed by atoms with Crippen molar-refractivity contribution in [3.63, 3.8) is 0 Å². The molecule has 4 aliphatic rings. The fraction of sp³-hybridized carbons (Fsp3) is 0.553. The molecule has 3 saturated carbocycles. The molecule has 2 aromatic rings. The van der Waals surface area contributed by atoms with Crippen molar-refractivity contribution in [2.45, 2.75) is 127 Å². The monoisotopic (exact) mass is 1010 g/mol. The quantitative estimate of drug-likeness (QED) is 0.0359. The number of rotatable bonds is 25. The Hall–Kier alpha value is -6.51. The van der Waals surface area contributed by atoms with E-state index in [1.54, 1.807) is 24.3 Å². The molecule has 2 bridgehead atoms. The maximum absolute atomic E-state index is 13.5. The number of likely N-dealkylation sites (N-methyl/N-ethyl adjacent to an activating group) is 1. The number of nitrogens with one attached hydrogen (secondary N) is 6. The summed E-state index contributed by atoms with van der Waals surface area (Å²) >= 11 is 0. The lowest BCUT2D eigenvalue weighted by Crippen LogP contribution is -2.65. The minimum Gasteiger partial charge on any atom is -0.481 e. The van der Waals surface area contributed by atoms with Crippen LogP contribution in [0.5, 0.6) is 0 Å². The van der Waals surface area contributed by atoms with Crippen LogP contribution in [0.2, 0.25) is 0 Å². The molecule has 2 aromatic carbocycles. The number of nitrogens with zero attached hydrogens (tertiary/aromatic N) is 1. The summed E-state index contributed by atoms with van der Waals surface area (Å²) in [4.78, 5) is 116. The zero-order chi connectivity index (χ0) is 53.2. The lowest BCUT2D eigenvalue weighted by atomic mass is 9.43. The molecule has 24 nitrogen and oxygen atoms in total. The van der Waals surface area contributed by atoms with Crippen molar-refractivity contribution < 1.29 is 62.7 Å². The number of carboxylic acids is 1. The third kappa shape index (κ3) is 13.7. The van der Waals surface area contributed by atoms with E-state index in [2.05, 4.69) is 52.7 Å². The highest BCUT2D eigenvalue weighted by Crippen LogP contribution is 2.65. The topological polar surface area (TPSA) is 392 Å². The molecular formula is C47H68BN11O13. The van der Waals surface area contributed by atoms with Gasteiger partial charge in [-0.05, 0) is 85.1 Å². The largest absolute Gasteiger partial charge is 0.497 e. The number of carboxylic acid groups (broad SMARTS) is 1. The third-order valence-corrected chi connectivity index (χ3v) is 14.0. The number of aryl methyl sites for hydroxylation is 1. The first kappa shape index (κ1) is 56.4. The van der Waals surface area contributed by atoms with Crippen molar-refractivity contribution in [2.75, 3.05) is 20.2 Å². The number of aliphatic hydroxyl groups excluding tert-OH is 1. The number of amides is 8. The molecule has 0 spiro atoms. The predicted molar refractivity (Wildman–Crippen MR) is 259 cm³/mol. The smallest absolute Gasteiger partial charge is 0.481 e. The number of hydrogen-bond donors (Lipinski definition) is 12. The van der Waals surface area contributed by atoms with Gasteiger partial charge in [-0.2, -0.15) is 0 Å². The molecule has 392 valence electrons. The Morgan fingerprint density at radius 1 is 0.792 bits per heavy atom. The molecule has 4 fully saturated rings. The van der Waals surface area contributed by atoms with Crippen LogP contribution < -0.4 is 54.8 Å². The first-order valence-corrected chi connectivity index (χ1v) is 23.9. The Morgan fingerprint density at radius 2 is 1.39 bits per heavy atom. The van der Waals surface area contributed by atoms with Gasteiger partial charge in [0, 0.05) is 19.0 Å². The van der Waals surface area contributed by atoms with Crippen LogP contribution in [0.15, 0.2) is 48.5 Å². The van der Waals surface area contributed by atoms with Crippen LogP contribution in [0.1, 0.15) is 88.6 Å². The number of carbonyl (C=O) groups is 9. The van der Waals surface area contributed by atoms with E-state index in [-0.39, 0.29) is 23.0 Å². The molecule has 0 aromatic heterocycles. The molecule has 3 aliphatic carbocycles. The number of nitrogens with two attached hydrogens (primary N) is 4. The molecule has 0 radical (unpaired) electrons. The molecule has 1 unspecified atom stereocenters. The van der Waals surface area contributed by atoms with Crippen LogP contribution in [-0.4, -0.2) is 144 Å². The van der Waals surface area contributed by atoms with Gasteiger partial charge in [0.1, 0.15) is 24.2 Å². The van der Waals surface area contributed by atoms with Crippen LogP contribution in [0.3, 0.4) is 0 Å². The van der Waals surface area contributed by atoms with E-state index < -0.39 is 135 Å². The molecule has 10 atom stereocenters. The van der Waals surface area contributed by atoms with Gasteiger partial charge in [-0.15, -0.1) is 0 Å². The van der Waals surface area contributed by atoms with Gasteiger partial charge in [0.25, 0.3) is 17.7 Å². The minimum atomic E-state index is -1.93. The summed E-state index contributed by atoms with van der Waals surface area (Å²) in [5.74, 6) is -8.74. The number of primary amides is 1. The summed E-state index contributed by atoms with van der Waals surface area (Å²) in [5, 5.41) is 32.9. The molecule has 8 amide bonds. The minimum absolute atomic E-state index is 0.0341. The Labute approximate surface area is 417 Å². The summed E-state index contributed by atoms with van der Waals surface area (Å²) in [6.45, 7) is 6.73. The Kier molecular flexibility index (Phi) is 19.0. The van der Waals surface area contributed by atoms with Crippen LogP contribution in [0, 0.1) is 17.3 Å². The van der Waals surface area contributed by atoms with E-state index >= 15 is 0 Å². The Morgan fingerprint density at radius 3 is 1.97 bits per heavy atom. The zero-order valence-corrected chi connectivity index (χ0v) is 41.1. The van der Waals surface area contributed by atoms with Gasteiger partial charge >= 0.3 is 13.1 Å². The van der Waals surface area contributed by atoms with E-state index in [0.29, 0.717) is 5.92 Å². The molecule has 1 saturated heterocycles. The summed E-state index contributed by atoms with van der Waals surface area (Å²) in [6, 6.07) is 8.65. The highest BCUT2D eigenvalue weighted by molar-refractivity contribution is 6.47. The van der Waals surface area contributed by atoms with Gasteiger partial charge in [-0.1, -0.05) is 63.6 Å². The maximum Gasteiger partial charge on any atom is 0.497 e. The number of unbranched alkanes of at least 4 members (excludes halogenated alkanes) is 1. The number of hydrogen-bond acceptors (Lipinski definition) is 15. The molecule has 1 heterocycles. The van der Waals surface area contributed by atoms with E-state index in [9.17, 15) is 53.4 Å². The van der Waals surface area contributed by atoms with Crippen LogP contribution >= 0.6 is 0 Å². The predicted octanol–water partition coefficient (Wildman–Crippen LogP) is -2.57. The second-order valence-electron chi connectivity index (χ2n) is 19.3. The van der Waals surface area contributed by atoms with Gasteiger partial charge in [0.2, 0.25) is 29.5 Å². The fourth-order valence-electron chi connectivity index (χ4n) is 9.52. The van der Waals surface area contributed by atoms with Crippen LogP contribution in [0.25, 0.3) is 11.1 Å². The first-order chi connectivity index (χ1) is 33.9. The second-order valence-corrected chi connectivity index (χ2v) is 19.3. The average molecular weight is 1010 g/mol. The fourth-order valence-corrected chi connectivity index (χ4v) is 9.52. The average Bonchev–Trinajstić information content (AvgIpc) is 3.71.